The number of sulfonamides is 1. The Labute approximate surface area is 108 Å². The molecule has 100 valence electrons. The molecule has 1 aromatic heterocycles. The smallest absolute Gasteiger partial charge is 0.308 e. The van der Waals surface area contributed by atoms with Crippen molar-refractivity contribution in [3.63, 3.8) is 0 Å². The average Bonchev–Trinajstić information content (AvgIpc) is 2.73. The monoisotopic (exact) mass is 292 g/mol. The number of amides is 1. The number of thiophene rings is 1. The summed E-state index contributed by atoms with van der Waals surface area (Å²) >= 11 is 0.835. The fourth-order valence-corrected chi connectivity index (χ4v) is 2.61. The van der Waals surface area contributed by atoms with Crippen molar-refractivity contribution in [2.75, 3.05) is 6.54 Å². The Bertz CT molecular complexity index is 563. The largest absolute Gasteiger partial charge is 0.481 e. The molecule has 7 nitrogen and oxygen atoms in total. The number of hydrogen-bond acceptors (Lipinski definition) is 5. The van der Waals surface area contributed by atoms with Crippen LogP contribution in [0.15, 0.2) is 15.7 Å². The molecule has 9 heteroatoms. The molecule has 0 aromatic carbocycles. The standard InChI is InChI=1S/C9H12N2O5S2/c1-5(9(13)14)3-11-8(12)6-2-7(17-4-6)18(10,15)16/h2,4-5H,3H2,1H3,(H,11,12)(H,13,14)(H2,10,15,16). The fourth-order valence-electron chi connectivity index (χ4n) is 1.02. The minimum absolute atomic E-state index is 0.0330. The first-order valence-electron chi connectivity index (χ1n) is 4.84. The van der Waals surface area contributed by atoms with E-state index in [1.165, 1.54) is 12.3 Å². The minimum atomic E-state index is -3.82. The number of rotatable bonds is 5. The Morgan fingerprint density at radius 3 is 2.61 bits per heavy atom. The van der Waals surface area contributed by atoms with Gasteiger partial charge in [0.2, 0.25) is 10.0 Å². The Hall–Kier alpha value is -1.45. The lowest BCUT2D eigenvalue weighted by Crippen LogP contribution is -2.31. The highest BCUT2D eigenvalue weighted by Gasteiger charge is 2.17. The van der Waals surface area contributed by atoms with Gasteiger partial charge >= 0.3 is 5.97 Å². The number of nitrogens with one attached hydrogen (secondary N) is 1. The van der Waals surface area contributed by atoms with Gasteiger partial charge in [-0.05, 0) is 6.07 Å². The number of hydrogen-bond donors (Lipinski definition) is 3. The Kier molecular flexibility index (Phi) is 4.43. The average molecular weight is 292 g/mol. The molecule has 1 rings (SSSR count). The van der Waals surface area contributed by atoms with E-state index in [0.29, 0.717) is 0 Å². The van der Waals surface area contributed by atoms with Crippen LogP contribution in [-0.2, 0) is 14.8 Å². The van der Waals surface area contributed by atoms with Gasteiger partial charge < -0.3 is 10.4 Å². The molecular weight excluding hydrogens is 280 g/mol. The summed E-state index contributed by atoms with van der Waals surface area (Å²) in [6.07, 6.45) is 0. The van der Waals surface area contributed by atoms with Crippen LogP contribution in [-0.4, -0.2) is 31.9 Å². The Balaban J connectivity index is 2.69. The van der Waals surface area contributed by atoms with Gasteiger partial charge in [-0.2, -0.15) is 0 Å². The lowest BCUT2D eigenvalue weighted by Gasteiger charge is -2.06. The third-order valence-electron chi connectivity index (χ3n) is 2.11. The molecule has 0 bridgehead atoms. The second-order valence-electron chi connectivity index (χ2n) is 3.65. The normalized spacial score (nSPS) is 13.0. The number of primary sulfonamides is 1. The van der Waals surface area contributed by atoms with Crippen LogP contribution in [0.25, 0.3) is 0 Å². The summed E-state index contributed by atoms with van der Waals surface area (Å²) < 4.78 is 21.9. The van der Waals surface area contributed by atoms with E-state index in [4.69, 9.17) is 10.2 Å². The quantitative estimate of drug-likeness (QED) is 0.695. The first-order valence-corrected chi connectivity index (χ1v) is 7.26. The number of nitrogens with two attached hydrogens (primary N) is 1. The van der Waals surface area contributed by atoms with E-state index >= 15 is 0 Å². The molecule has 1 heterocycles. The van der Waals surface area contributed by atoms with Crippen LogP contribution in [0.5, 0.6) is 0 Å². The van der Waals surface area contributed by atoms with Crippen molar-refractivity contribution in [3.8, 4) is 0 Å². The van der Waals surface area contributed by atoms with Gasteiger partial charge in [0.25, 0.3) is 5.91 Å². The molecule has 0 spiro atoms. The van der Waals surface area contributed by atoms with Crippen molar-refractivity contribution in [2.45, 2.75) is 11.1 Å². The number of carbonyl (C=O) groups excluding carboxylic acids is 1. The van der Waals surface area contributed by atoms with E-state index in [-0.39, 0.29) is 16.3 Å². The van der Waals surface area contributed by atoms with Crippen molar-refractivity contribution in [3.05, 3.63) is 17.0 Å². The maximum absolute atomic E-state index is 11.6. The highest BCUT2D eigenvalue weighted by molar-refractivity contribution is 7.91. The van der Waals surface area contributed by atoms with Crippen LogP contribution in [0.1, 0.15) is 17.3 Å². The van der Waals surface area contributed by atoms with Gasteiger partial charge in [-0.3, -0.25) is 9.59 Å². The van der Waals surface area contributed by atoms with Crippen LogP contribution in [0, 0.1) is 5.92 Å². The van der Waals surface area contributed by atoms with Crippen molar-refractivity contribution in [1.82, 2.24) is 5.32 Å². The van der Waals surface area contributed by atoms with E-state index < -0.39 is 27.8 Å². The first kappa shape index (κ1) is 14.6. The molecule has 1 aromatic rings. The summed E-state index contributed by atoms with van der Waals surface area (Å²) in [5, 5.41) is 17.3. The number of aliphatic carboxylic acids is 1. The molecule has 0 aliphatic heterocycles. The van der Waals surface area contributed by atoms with E-state index in [0.717, 1.165) is 17.4 Å². The van der Waals surface area contributed by atoms with Gasteiger partial charge in [0, 0.05) is 11.9 Å². The lowest BCUT2D eigenvalue weighted by molar-refractivity contribution is -0.140. The molecule has 1 unspecified atom stereocenters. The number of carboxylic acid groups (broad SMARTS) is 1. The predicted octanol–water partition coefficient (Wildman–Crippen LogP) is -0.154. The van der Waals surface area contributed by atoms with Gasteiger partial charge in [0.1, 0.15) is 4.21 Å². The molecule has 0 fully saturated rings. The van der Waals surface area contributed by atoms with Crippen LogP contribution in [0.4, 0.5) is 0 Å². The Morgan fingerprint density at radius 1 is 1.56 bits per heavy atom. The second kappa shape index (κ2) is 5.46. The third-order valence-corrected chi connectivity index (χ3v) is 4.49. The molecule has 0 saturated heterocycles. The molecule has 0 aliphatic rings. The van der Waals surface area contributed by atoms with Crippen molar-refractivity contribution in [2.24, 2.45) is 11.1 Å². The summed E-state index contributed by atoms with van der Waals surface area (Å²) in [5.74, 6) is -2.27. The summed E-state index contributed by atoms with van der Waals surface area (Å²) in [6.45, 7) is 1.42. The summed E-state index contributed by atoms with van der Waals surface area (Å²) in [5.41, 5.74) is 0.140. The van der Waals surface area contributed by atoms with Crippen LogP contribution in [0.2, 0.25) is 0 Å². The van der Waals surface area contributed by atoms with Gasteiger partial charge in [-0.1, -0.05) is 6.92 Å². The third kappa shape index (κ3) is 3.79. The van der Waals surface area contributed by atoms with E-state index in [1.807, 2.05) is 0 Å². The van der Waals surface area contributed by atoms with Crippen molar-refractivity contribution in [1.29, 1.82) is 0 Å². The lowest BCUT2D eigenvalue weighted by atomic mass is 10.2. The van der Waals surface area contributed by atoms with Crippen LogP contribution < -0.4 is 10.5 Å². The maximum atomic E-state index is 11.6. The topological polar surface area (TPSA) is 127 Å². The number of carboxylic acids is 1. The van der Waals surface area contributed by atoms with Gasteiger partial charge in [-0.25, -0.2) is 13.6 Å². The van der Waals surface area contributed by atoms with Gasteiger partial charge in [0.15, 0.2) is 0 Å². The van der Waals surface area contributed by atoms with Gasteiger partial charge in [0.05, 0.1) is 11.5 Å². The zero-order valence-corrected chi connectivity index (χ0v) is 11.0. The first-order chi connectivity index (χ1) is 8.21. The molecule has 1 amide bonds. The second-order valence-corrected chi connectivity index (χ2v) is 6.35. The molecule has 0 saturated carbocycles. The molecule has 0 radical (unpaired) electrons. The minimum Gasteiger partial charge on any atom is -0.481 e. The maximum Gasteiger partial charge on any atom is 0.308 e. The van der Waals surface area contributed by atoms with E-state index in [9.17, 15) is 18.0 Å². The zero-order valence-electron chi connectivity index (χ0n) is 9.41. The van der Waals surface area contributed by atoms with E-state index in [1.54, 1.807) is 0 Å². The summed E-state index contributed by atoms with van der Waals surface area (Å²) in [6, 6.07) is 1.15. The number of carbonyl (C=O) groups is 2. The molecular formula is C9H12N2O5S2. The van der Waals surface area contributed by atoms with Gasteiger partial charge in [-0.15, -0.1) is 11.3 Å². The summed E-state index contributed by atoms with van der Waals surface area (Å²) in [4.78, 5) is 22.1. The highest BCUT2D eigenvalue weighted by Crippen LogP contribution is 2.18. The zero-order chi connectivity index (χ0) is 13.9. The SMILES string of the molecule is CC(CNC(=O)c1csc(S(N)(=O)=O)c1)C(=O)O. The molecule has 0 aliphatic carbocycles. The molecule has 4 N–H and O–H groups in total. The fraction of sp³-hybridized carbons (Fsp3) is 0.333. The van der Waals surface area contributed by atoms with Crippen LogP contribution in [0.3, 0.4) is 0 Å². The van der Waals surface area contributed by atoms with Crippen LogP contribution >= 0.6 is 11.3 Å². The van der Waals surface area contributed by atoms with E-state index in [2.05, 4.69) is 5.32 Å². The Morgan fingerprint density at radius 2 is 2.17 bits per heavy atom. The predicted molar refractivity (Wildman–Crippen MR) is 64.8 cm³/mol. The summed E-state index contributed by atoms with van der Waals surface area (Å²) in [7, 11) is -3.82. The van der Waals surface area contributed by atoms with Crippen molar-refractivity contribution >= 4 is 33.2 Å². The molecule has 1 atom stereocenters. The highest BCUT2D eigenvalue weighted by atomic mass is 32.2. The molecule has 18 heavy (non-hydrogen) atoms. The van der Waals surface area contributed by atoms with Crippen molar-refractivity contribution < 1.29 is 23.1 Å².